The Hall–Kier alpha value is 0.700. The van der Waals surface area contributed by atoms with Crippen molar-refractivity contribution in [2.24, 2.45) is 5.92 Å². The second kappa shape index (κ2) is 6.24. The average Bonchev–Trinajstić information content (AvgIpc) is 1.59. The van der Waals surface area contributed by atoms with Crippen molar-refractivity contribution in [3.05, 3.63) is 0 Å². The van der Waals surface area contributed by atoms with Crippen LogP contribution in [-0.2, 0) is 0 Å². The normalized spacial score (nSPS) is 11.5. The van der Waals surface area contributed by atoms with E-state index in [9.17, 15) is 0 Å². The first kappa shape index (κ1) is 14.2. The molecule has 0 rings (SSSR count). The number of rotatable bonds is 3. The lowest BCUT2D eigenvalue weighted by atomic mass is 10.3. The van der Waals surface area contributed by atoms with Gasteiger partial charge in [0.2, 0.25) is 0 Å². The smallest absolute Gasteiger partial charge is 0.0179 e. The third kappa shape index (κ3) is 13.7. The molecule has 0 fully saturated rings. The average molecular weight is 194 g/mol. The van der Waals surface area contributed by atoms with Gasteiger partial charge in [-0.25, -0.2) is 0 Å². The van der Waals surface area contributed by atoms with Crippen LogP contribution in [0.3, 0.4) is 0 Å². The molecule has 70 valence electrons. The van der Waals surface area contributed by atoms with Gasteiger partial charge in [-0.2, -0.15) is 0 Å². The second-order valence-corrected chi connectivity index (χ2v) is 7.04. The van der Waals surface area contributed by atoms with Gasteiger partial charge in [0.1, 0.15) is 0 Å². The molecule has 0 aromatic heterocycles. The zero-order chi connectivity index (χ0) is 8.20. The van der Waals surface area contributed by atoms with Crippen molar-refractivity contribution in [3.63, 3.8) is 0 Å². The summed E-state index contributed by atoms with van der Waals surface area (Å²) in [5.74, 6) is 2.09. The summed E-state index contributed by atoms with van der Waals surface area (Å²) < 4.78 is 0.416. The molecule has 0 radical (unpaired) electrons. The van der Waals surface area contributed by atoms with E-state index < -0.39 is 0 Å². The second-order valence-electron chi connectivity index (χ2n) is 3.87. The van der Waals surface area contributed by atoms with Gasteiger partial charge in [-0.1, -0.05) is 63.6 Å². The lowest BCUT2D eigenvalue weighted by molar-refractivity contribution is 0.752. The van der Waals surface area contributed by atoms with Crippen molar-refractivity contribution in [2.75, 3.05) is 5.75 Å². The summed E-state index contributed by atoms with van der Waals surface area (Å²) in [5, 5.41) is 0. The molecule has 0 aromatic rings. The summed E-state index contributed by atoms with van der Waals surface area (Å²) in [4.78, 5) is 0. The van der Waals surface area contributed by atoms with E-state index in [1.54, 1.807) is 0 Å². The standard InChI is InChI=1S/C8H18S2.CH4/c1-7(2)6-9-10-8(3,4)5;/h7H,6H2,1-5H3;1H4. The molecule has 0 aliphatic rings. The minimum absolute atomic E-state index is 0. The maximum absolute atomic E-state index is 2.26. The van der Waals surface area contributed by atoms with E-state index in [2.05, 4.69) is 34.6 Å². The summed E-state index contributed by atoms with van der Waals surface area (Å²) in [6, 6.07) is 0. The summed E-state index contributed by atoms with van der Waals surface area (Å²) >= 11 is 0. The molecule has 0 aromatic carbocycles. The summed E-state index contributed by atoms with van der Waals surface area (Å²) in [6.07, 6.45) is 0. The van der Waals surface area contributed by atoms with Gasteiger partial charge in [0, 0.05) is 10.5 Å². The molecule has 0 aliphatic heterocycles. The van der Waals surface area contributed by atoms with Crippen LogP contribution < -0.4 is 0 Å². The Balaban J connectivity index is 0. The van der Waals surface area contributed by atoms with E-state index in [0.29, 0.717) is 4.75 Å². The van der Waals surface area contributed by atoms with Crippen LogP contribution in [-0.4, -0.2) is 10.5 Å². The van der Waals surface area contributed by atoms with Gasteiger partial charge in [-0.05, 0) is 5.92 Å². The Kier molecular flexibility index (Phi) is 8.08. The fraction of sp³-hybridized carbons (Fsp3) is 1.00. The fourth-order valence-corrected chi connectivity index (χ4v) is 3.12. The molecule has 0 heterocycles. The quantitative estimate of drug-likeness (QED) is 0.608. The first-order valence-electron chi connectivity index (χ1n) is 3.72. The highest BCUT2D eigenvalue weighted by Gasteiger charge is 2.10. The predicted octanol–water partition coefficient (Wildman–Crippen LogP) is 4.46. The van der Waals surface area contributed by atoms with Crippen LogP contribution in [0.4, 0.5) is 0 Å². The molecule has 0 amide bonds. The first-order chi connectivity index (χ1) is 4.42. The largest absolute Gasteiger partial charge is 0.0934 e. The van der Waals surface area contributed by atoms with Crippen LogP contribution in [0.5, 0.6) is 0 Å². The molecule has 11 heavy (non-hydrogen) atoms. The van der Waals surface area contributed by atoms with E-state index in [1.807, 2.05) is 21.6 Å². The molecule has 2 heteroatoms. The maximum atomic E-state index is 2.26. The Labute approximate surface area is 80.3 Å². The SMILES string of the molecule is C.CC(C)CSSC(C)(C)C. The molecule has 0 unspecified atom stereocenters. The van der Waals surface area contributed by atoms with Crippen molar-refractivity contribution in [1.29, 1.82) is 0 Å². The van der Waals surface area contributed by atoms with Gasteiger partial charge in [0.05, 0.1) is 0 Å². The molecule has 0 nitrogen and oxygen atoms in total. The third-order valence-electron chi connectivity index (χ3n) is 0.710. The Morgan fingerprint density at radius 1 is 1.18 bits per heavy atom. The predicted molar refractivity (Wildman–Crippen MR) is 61.4 cm³/mol. The zero-order valence-electron chi connectivity index (χ0n) is 7.60. The molecule has 0 saturated heterocycles. The van der Waals surface area contributed by atoms with E-state index >= 15 is 0 Å². The van der Waals surface area contributed by atoms with Gasteiger partial charge in [0.25, 0.3) is 0 Å². The van der Waals surface area contributed by atoms with E-state index in [0.717, 1.165) is 5.92 Å². The van der Waals surface area contributed by atoms with Crippen molar-refractivity contribution < 1.29 is 0 Å². The van der Waals surface area contributed by atoms with Crippen LogP contribution in [0.15, 0.2) is 0 Å². The lowest BCUT2D eigenvalue weighted by Crippen LogP contribution is -2.05. The molecule has 0 bridgehead atoms. The van der Waals surface area contributed by atoms with E-state index in [-0.39, 0.29) is 7.43 Å². The van der Waals surface area contributed by atoms with E-state index in [4.69, 9.17) is 0 Å². The first-order valence-corrected chi connectivity index (χ1v) is 6.04. The molecule has 0 spiro atoms. The molecule has 0 saturated carbocycles. The van der Waals surface area contributed by atoms with Crippen LogP contribution in [0.2, 0.25) is 0 Å². The molecular formula is C9H22S2. The Morgan fingerprint density at radius 2 is 1.64 bits per heavy atom. The van der Waals surface area contributed by atoms with Gasteiger partial charge in [0.15, 0.2) is 0 Å². The van der Waals surface area contributed by atoms with Crippen LogP contribution in [0, 0.1) is 5.92 Å². The highest BCUT2D eigenvalue weighted by molar-refractivity contribution is 8.77. The Morgan fingerprint density at radius 3 is 1.91 bits per heavy atom. The maximum Gasteiger partial charge on any atom is 0.0179 e. The monoisotopic (exact) mass is 194 g/mol. The minimum Gasteiger partial charge on any atom is -0.0934 e. The molecular weight excluding hydrogens is 172 g/mol. The molecule has 0 N–H and O–H groups in total. The highest BCUT2D eigenvalue weighted by atomic mass is 33.1. The van der Waals surface area contributed by atoms with Crippen molar-refractivity contribution in [1.82, 2.24) is 0 Å². The molecule has 0 aliphatic carbocycles. The van der Waals surface area contributed by atoms with Gasteiger partial charge in [-0.3, -0.25) is 0 Å². The third-order valence-corrected chi connectivity index (χ3v) is 4.39. The minimum atomic E-state index is 0. The van der Waals surface area contributed by atoms with Gasteiger partial charge in [-0.15, -0.1) is 0 Å². The van der Waals surface area contributed by atoms with Crippen LogP contribution in [0.1, 0.15) is 42.0 Å². The lowest BCUT2D eigenvalue weighted by Gasteiger charge is -2.16. The number of hydrogen-bond acceptors (Lipinski definition) is 2. The van der Waals surface area contributed by atoms with Crippen LogP contribution in [0.25, 0.3) is 0 Å². The van der Waals surface area contributed by atoms with Crippen molar-refractivity contribution >= 4 is 21.6 Å². The highest BCUT2D eigenvalue weighted by Crippen LogP contribution is 2.35. The van der Waals surface area contributed by atoms with E-state index in [1.165, 1.54) is 5.75 Å². The Bertz CT molecular complexity index is 82.1. The fourth-order valence-electron chi connectivity index (χ4n) is 0.347. The summed E-state index contributed by atoms with van der Waals surface area (Å²) in [7, 11) is 3.96. The van der Waals surface area contributed by atoms with Gasteiger partial charge >= 0.3 is 0 Å². The van der Waals surface area contributed by atoms with Gasteiger partial charge < -0.3 is 0 Å². The van der Waals surface area contributed by atoms with Crippen LogP contribution >= 0.6 is 21.6 Å². The summed E-state index contributed by atoms with van der Waals surface area (Å²) in [5.41, 5.74) is 0. The molecule has 0 atom stereocenters. The summed E-state index contributed by atoms with van der Waals surface area (Å²) in [6.45, 7) is 11.3. The number of hydrogen-bond donors (Lipinski definition) is 0. The zero-order valence-corrected chi connectivity index (χ0v) is 9.23. The van der Waals surface area contributed by atoms with Crippen molar-refractivity contribution in [3.8, 4) is 0 Å². The van der Waals surface area contributed by atoms with Crippen molar-refractivity contribution in [2.45, 2.75) is 46.8 Å². The topological polar surface area (TPSA) is 0 Å².